The number of carbonyl (C=O) groups excluding carboxylic acids is 1. The van der Waals surface area contributed by atoms with Gasteiger partial charge in [0.2, 0.25) is 0 Å². The summed E-state index contributed by atoms with van der Waals surface area (Å²) in [7, 11) is 0. The summed E-state index contributed by atoms with van der Waals surface area (Å²) in [6.07, 6.45) is 1.64. The van der Waals surface area contributed by atoms with E-state index in [1.807, 2.05) is 37.3 Å². The molecule has 110 valence electrons. The van der Waals surface area contributed by atoms with Crippen LogP contribution >= 0.6 is 0 Å². The lowest BCUT2D eigenvalue weighted by Crippen LogP contribution is -2.26. The standard InChI is InChI=1S/C17H21N3O/c1-12-5-7-13(8-6-12)19-16(21)15-11-14(9-10-18-15)20-17(2,3)4/h5-11H,1-4H3,(H,18,20)(H,19,21). The first-order valence-corrected chi connectivity index (χ1v) is 6.96. The Morgan fingerprint density at radius 3 is 2.33 bits per heavy atom. The van der Waals surface area contributed by atoms with Crippen LogP contribution < -0.4 is 10.6 Å². The fourth-order valence-corrected chi connectivity index (χ4v) is 1.90. The minimum absolute atomic E-state index is 0.0634. The van der Waals surface area contributed by atoms with E-state index in [1.54, 1.807) is 12.3 Å². The zero-order chi connectivity index (χ0) is 15.5. The van der Waals surface area contributed by atoms with Gasteiger partial charge < -0.3 is 10.6 Å². The molecule has 0 aliphatic carbocycles. The van der Waals surface area contributed by atoms with Crippen molar-refractivity contribution in [2.45, 2.75) is 33.2 Å². The number of benzene rings is 1. The van der Waals surface area contributed by atoms with Crippen LogP contribution in [0.1, 0.15) is 36.8 Å². The third kappa shape index (κ3) is 4.60. The molecule has 0 aliphatic rings. The molecule has 0 fully saturated rings. The Kier molecular flexibility index (Phi) is 4.26. The predicted molar refractivity (Wildman–Crippen MR) is 86.7 cm³/mol. The average molecular weight is 283 g/mol. The number of pyridine rings is 1. The molecule has 0 aliphatic heterocycles. The molecule has 1 heterocycles. The molecule has 0 radical (unpaired) electrons. The van der Waals surface area contributed by atoms with E-state index in [-0.39, 0.29) is 11.4 Å². The lowest BCUT2D eigenvalue weighted by Gasteiger charge is -2.22. The Bertz CT molecular complexity index is 627. The summed E-state index contributed by atoms with van der Waals surface area (Å²) in [5, 5.41) is 6.17. The number of anilines is 2. The van der Waals surface area contributed by atoms with Gasteiger partial charge in [-0.05, 0) is 52.0 Å². The Morgan fingerprint density at radius 1 is 1.05 bits per heavy atom. The molecule has 0 bridgehead atoms. The van der Waals surface area contributed by atoms with Crippen LogP contribution in [0.5, 0.6) is 0 Å². The molecule has 4 nitrogen and oxygen atoms in total. The van der Waals surface area contributed by atoms with Crippen molar-refractivity contribution in [3.05, 3.63) is 53.9 Å². The van der Waals surface area contributed by atoms with Crippen molar-refractivity contribution in [3.63, 3.8) is 0 Å². The van der Waals surface area contributed by atoms with Crippen LogP contribution in [0.25, 0.3) is 0 Å². The number of aryl methyl sites for hydroxylation is 1. The minimum atomic E-state index is -0.212. The molecule has 21 heavy (non-hydrogen) atoms. The number of amides is 1. The SMILES string of the molecule is Cc1ccc(NC(=O)c2cc(NC(C)(C)C)ccn2)cc1. The average Bonchev–Trinajstić information content (AvgIpc) is 2.40. The van der Waals surface area contributed by atoms with Crippen molar-refractivity contribution in [1.29, 1.82) is 0 Å². The van der Waals surface area contributed by atoms with Crippen LogP contribution in [0, 0.1) is 6.92 Å². The number of aromatic nitrogens is 1. The number of hydrogen-bond donors (Lipinski definition) is 2. The largest absolute Gasteiger partial charge is 0.380 e. The van der Waals surface area contributed by atoms with Crippen molar-refractivity contribution in [2.75, 3.05) is 10.6 Å². The summed E-state index contributed by atoms with van der Waals surface area (Å²) in [6.45, 7) is 8.22. The molecule has 1 aromatic heterocycles. The summed E-state index contributed by atoms with van der Waals surface area (Å²) in [4.78, 5) is 16.3. The third-order valence-electron chi connectivity index (χ3n) is 2.82. The molecule has 0 saturated carbocycles. The van der Waals surface area contributed by atoms with E-state index in [4.69, 9.17) is 0 Å². The van der Waals surface area contributed by atoms with Gasteiger partial charge in [-0.15, -0.1) is 0 Å². The summed E-state index contributed by atoms with van der Waals surface area (Å²) in [6, 6.07) is 11.3. The highest BCUT2D eigenvalue weighted by Crippen LogP contribution is 2.16. The van der Waals surface area contributed by atoms with Gasteiger partial charge in [0.05, 0.1) is 0 Å². The second kappa shape index (κ2) is 5.95. The van der Waals surface area contributed by atoms with E-state index < -0.39 is 0 Å². The maximum Gasteiger partial charge on any atom is 0.274 e. The van der Waals surface area contributed by atoms with Crippen molar-refractivity contribution < 1.29 is 4.79 Å². The van der Waals surface area contributed by atoms with E-state index >= 15 is 0 Å². The second-order valence-corrected chi connectivity index (χ2v) is 6.12. The first kappa shape index (κ1) is 15.0. The van der Waals surface area contributed by atoms with Crippen LogP contribution in [-0.4, -0.2) is 16.4 Å². The number of nitrogens with zero attached hydrogens (tertiary/aromatic N) is 1. The van der Waals surface area contributed by atoms with Crippen LogP contribution in [0.4, 0.5) is 11.4 Å². The lowest BCUT2D eigenvalue weighted by atomic mass is 10.1. The van der Waals surface area contributed by atoms with E-state index in [0.29, 0.717) is 5.69 Å². The summed E-state index contributed by atoms with van der Waals surface area (Å²) >= 11 is 0. The van der Waals surface area contributed by atoms with E-state index in [1.165, 1.54) is 0 Å². The van der Waals surface area contributed by atoms with Gasteiger partial charge in [-0.25, -0.2) is 0 Å². The molecule has 2 N–H and O–H groups in total. The lowest BCUT2D eigenvalue weighted by molar-refractivity contribution is 0.102. The quantitative estimate of drug-likeness (QED) is 0.899. The second-order valence-electron chi connectivity index (χ2n) is 6.12. The monoisotopic (exact) mass is 283 g/mol. The first-order valence-electron chi connectivity index (χ1n) is 6.96. The maximum atomic E-state index is 12.2. The molecular weight excluding hydrogens is 262 g/mol. The fraction of sp³-hybridized carbons (Fsp3) is 0.294. The van der Waals surface area contributed by atoms with Gasteiger partial charge in [0.1, 0.15) is 5.69 Å². The normalized spacial score (nSPS) is 11.0. The molecule has 0 atom stereocenters. The zero-order valence-electron chi connectivity index (χ0n) is 12.9. The highest BCUT2D eigenvalue weighted by molar-refractivity contribution is 6.03. The number of hydrogen-bond acceptors (Lipinski definition) is 3. The van der Waals surface area contributed by atoms with Crippen LogP contribution in [-0.2, 0) is 0 Å². The predicted octanol–water partition coefficient (Wildman–Crippen LogP) is 3.85. The summed E-state index contributed by atoms with van der Waals surface area (Å²) in [5.41, 5.74) is 3.13. The van der Waals surface area contributed by atoms with Gasteiger partial charge in [-0.3, -0.25) is 9.78 Å². The molecule has 4 heteroatoms. The Morgan fingerprint density at radius 2 is 1.71 bits per heavy atom. The fourth-order valence-electron chi connectivity index (χ4n) is 1.90. The van der Waals surface area contributed by atoms with Crippen molar-refractivity contribution in [2.24, 2.45) is 0 Å². The van der Waals surface area contributed by atoms with Crippen LogP contribution in [0.15, 0.2) is 42.6 Å². The molecule has 1 amide bonds. The van der Waals surface area contributed by atoms with E-state index in [0.717, 1.165) is 16.9 Å². The first-order chi connectivity index (χ1) is 9.83. The Balaban J connectivity index is 2.12. The van der Waals surface area contributed by atoms with Gasteiger partial charge in [0.25, 0.3) is 5.91 Å². The van der Waals surface area contributed by atoms with Crippen LogP contribution in [0.3, 0.4) is 0 Å². The summed E-state index contributed by atoms with van der Waals surface area (Å²) in [5.74, 6) is -0.212. The van der Waals surface area contributed by atoms with Gasteiger partial charge in [0.15, 0.2) is 0 Å². The number of carbonyl (C=O) groups is 1. The van der Waals surface area contributed by atoms with Crippen LogP contribution in [0.2, 0.25) is 0 Å². The molecule has 0 saturated heterocycles. The topological polar surface area (TPSA) is 54.0 Å². The third-order valence-corrected chi connectivity index (χ3v) is 2.82. The zero-order valence-corrected chi connectivity index (χ0v) is 12.9. The Hall–Kier alpha value is -2.36. The van der Waals surface area contributed by atoms with Crippen molar-refractivity contribution in [3.8, 4) is 0 Å². The molecule has 2 aromatic rings. The summed E-state index contributed by atoms with van der Waals surface area (Å²) < 4.78 is 0. The maximum absolute atomic E-state index is 12.2. The highest BCUT2D eigenvalue weighted by atomic mass is 16.1. The van der Waals surface area contributed by atoms with Crippen molar-refractivity contribution >= 4 is 17.3 Å². The molecule has 2 rings (SSSR count). The highest BCUT2D eigenvalue weighted by Gasteiger charge is 2.12. The molecule has 0 spiro atoms. The van der Waals surface area contributed by atoms with Gasteiger partial charge >= 0.3 is 0 Å². The van der Waals surface area contributed by atoms with Gasteiger partial charge in [-0.2, -0.15) is 0 Å². The number of rotatable bonds is 3. The van der Waals surface area contributed by atoms with E-state index in [9.17, 15) is 4.79 Å². The molecule has 0 unspecified atom stereocenters. The molecule has 1 aromatic carbocycles. The smallest absolute Gasteiger partial charge is 0.274 e. The van der Waals surface area contributed by atoms with Gasteiger partial charge in [0, 0.05) is 23.1 Å². The molecular formula is C17H21N3O. The van der Waals surface area contributed by atoms with Crippen molar-refractivity contribution in [1.82, 2.24) is 4.98 Å². The van der Waals surface area contributed by atoms with E-state index in [2.05, 4.69) is 36.4 Å². The number of nitrogens with one attached hydrogen (secondary N) is 2. The van der Waals surface area contributed by atoms with Gasteiger partial charge in [-0.1, -0.05) is 17.7 Å². The Labute approximate surface area is 125 Å². The minimum Gasteiger partial charge on any atom is -0.380 e.